The molecule has 2 aromatic rings. The number of aromatic nitrogens is 2. The average Bonchev–Trinajstić information content (AvgIpc) is 3.09. The third-order valence-corrected chi connectivity index (χ3v) is 4.20. The SMILES string of the molecule is CC1CCC(N(C)Cc2nc(-c3ccco3)no2)CC1. The molecule has 0 N–H and O–H groups in total. The standard InChI is InChI=1S/C15H21N3O2/c1-11-5-7-12(8-6-11)18(2)10-14-16-15(17-20-14)13-4-3-9-19-13/h3-4,9,11-12H,5-8,10H2,1-2H3. The van der Waals surface area contributed by atoms with Crippen LogP contribution in [0.15, 0.2) is 27.3 Å². The molecule has 0 saturated heterocycles. The van der Waals surface area contributed by atoms with Crippen molar-refractivity contribution >= 4 is 0 Å². The molecule has 20 heavy (non-hydrogen) atoms. The van der Waals surface area contributed by atoms with Crippen LogP contribution in [-0.4, -0.2) is 28.1 Å². The molecule has 108 valence electrons. The van der Waals surface area contributed by atoms with E-state index in [0.717, 1.165) is 5.92 Å². The van der Waals surface area contributed by atoms with Crippen molar-refractivity contribution in [3.63, 3.8) is 0 Å². The summed E-state index contributed by atoms with van der Waals surface area (Å²) in [4.78, 5) is 6.71. The normalized spacial score (nSPS) is 23.4. The summed E-state index contributed by atoms with van der Waals surface area (Å²) < 4.78 is 10.6. The molecule has 0 unspecified atom stereocenters. The third kappa shape index (κ3) is 2.93. The number of furan rings is 1. The lowest BCUT2D eigenvalue weighted by Crippen LogP contribution is -2.34. The average molecular weight is 275 g/mol. The van der Waals surface area contributed by atoms with Gasteiger partial charge in [0.2, 0.25) is 11.7 Å². The van der Waals surface area contributed by atoms with Gasteiger partial charge in [0, 0.05) is 6.04 Å². The summed E-state index contributed by atoms with van der Waals surface area (Å²) in [5, 5.41) is 3.96. The quantitative estimate of drug-likeness (QED) is 0.856. The van der Waals surface area contributed by atoms with Crippen LogP contribution < -0.4 is 0 Å². The Kier molecular flexibility index (Phi) is 3.87. The van der Waals surface area contributed by atoms with Gasteiger partial charge < -0.3 is 8.94 Å². The fraction of sp³-hybridized carbons (Fsp3) is 0.600. The molecule has 1 aliphatic carbocycles. The molecule has 0 amide bonds. The number of hydrogen-bond acceptors (Lipinski definition) is 5. The van der Waals surface area contributed by atoms with Gasteiger partial charge in [-0.25, -0.2) is 0 Å². The van der Waals surface area contributed by atoms with E-state index in [1.54, 1.807) is 6.26 Å². The largest absolute Gasteiger partial charge is 0.461 e. The van der Waals surface area contributed by atoms with E-state index in [9.17, 15) is 0 Å². The number of rotatable bonds is 4. The van der Waals surface area contributed by atoms with Crippen molar-refractivity contribution in [1.29, 1.82) is 0 Å². The van der Waals surface area contributed by atoms with Crippen molar-refractivity contribution in [3.8, 4) is 11.6 Å². The molecule has 3 rings (SSSR count). The lowest BCUT2D eigenvalue weighted by Gasteiger charge is -2.32. The van der Waals surface area contributed by atoms with Crippen molar-refractivity contribution in [2.45, 2.75) is 45.2 Å². The molecule has 0 atom stereocenters. The van der Waals surface area contributed by atoms with E-state index in [1.807, 2.05) is 12.1 Å². The zero-order valence-corrected chi connectivity index (χ0v) is 12.1. The second-order valence-electron chi connectivity index (χ2n) is 5.82. The highest BCUT2D eigenvalue weighted by molar-refractivity contribution is 5.44. The fourth-order valence-electron chi connectivity index (χ4n) is 2.85. The van der Waals surface area contributed by atoms with Crippen molar-refractivity contribution in [3.05, 3.63) is 24.3 Å². The van der Waals surface area contributed by atoms with E-state index in [2.05, 4.69) is 29.0 Å². The van der Waals surface area contributed by atoms with Gasteiger partial charge in [0.1, 0.15) is 0 Å². The van der Waals surface area contributed by atoms with Crippen LogP contribution in [0.4, 0.5) is 0 Å². The minimum atomic E-state index is 0.524. The minimum Gasteiger partial charge on any atom is -0.461 e. The van der Waals surface area contributed by atoms with Gasteiger partial charge in [-0.3, -0.25) is 4.90 Å². The molecule has 1 fully saturated rings. The zero-order chi connectivity index (χ0) is 13.9. The summed E-state index contributed by atoms with van der Waals surface area (Å²) in [6, 6.07) is 4.28. The Morgan fingerprint density at radius 2 is 2.10 bits per heavy atom. The highest BCUT2D eigenvalue weighted by Gasteiger charge is 2.23. The van der Waals surface area contributed by atoms with E-state index in [0.29, 0.717) is 30.1 Å². The maximum Gasteiger partial charge on any atom is 0.241 e. The molecular weight excluding hydrogens is 254 g/mol. The first kappa shape index (κ1) is 13.4. The first-order valence-electron chi connectivity index (χ1n) is 7.29. The van der Waals surface area contributed by atoms with E-state index < -0.39 is 0 Å². The summed E-state index contributed by atoms with van der Waals surface area (Å²) in [7, 11) is 2.14. The predicted molar refractivity (Wildman–Crippen MR) is 74.9 cm³/mol. The molecule has 1 aliphatic rings. The third-order valence-electron chi connectivity index (χ3n) is 4.20. The first-order chi connectivity index (χ1) is 9.72. The van der Waals surface area contributed by atoms with E-state index >= 15 is 0 Å². The lowest BCUT2D eigenvalue weighted by molar-refractivity contribution is 0.148. The van der Waals surface area contributed by atoms with Gasteiger partial charge in [-0.05, 0) is 50.8 Å². The number of nitrogens with zero attached hydrogens (tertiary/aromatic N) is 3. The summed E-state index contributed by atoms with van der Waals surface area (Å²) in [5.41, 5.74) is 0. The van der Waals surface area contributed by atoms with Gasteiger partial charge in [0.15, 0.2) is 5.76 Å². The van der Waals surface area contributed by atoms with Crippen LogP contribution in [-0.2, 0) is 6.54 Å². The maximum absolute atomic E-state index is 5.31. The molecule has 0 bridgehead atoms. The van der Waals surface area contributed by atoms with E-state index in [1.165, 1.54) is 25.7 Å². The molecule has 1 saturated carbocycles. The summed E-state index contributed by atoms with van der Waals surface area (Å²) >= 11 is 0. The summed E-state index contributed by atoms with van der Waals surface area (Å²) in [6.45, 7) is 3.04. The fourth-order valence-corrected chi connectivity index (χ4v) is 2.85. The Bertz CT molecular complexity index is 527. The van der Waals surface area contributed by atoms with Crippen molar-refractivity contribution < 1.29 is 8.94 Å². The van der Waals surface area contributed by atoms with Crippen molar-refractivity contribution in [2.75, 3.05) is 7.05 Å². The Morgan fingerprint density at radius 1 is 1.30 bits per heavy atom. The van der Waals surface area contributed by atoms with Crippen LogP contribution in [0.3, 0.4) is 0 Å². The second-order valence-corrected chi connectivity index (χ2v) is 5.82. The maximum atomic E-state index is 5.31. The Labute approximate surface area is 119 Å². The van der Waals surface area contributed by atoms with Crippen molar-refractivity contribution in [2.24, 2.45) is 5.92 Å². The zero-order valence-electron chi connectivity index (χ0n) is 12.1. The Hall–Kier alpha value is -1.62. The van der Waals surface area contributed by atoms with Gasteiger partial charge in [-0.2, -0.15) is 4.98 Å². The van der Waals surface area contributed by atoms with Crippen LogP contribution >= 0.6 is 0 Å². The van der Waals surface area contributed by atoms with Crippen LogP contribution in [0.5, 0.6) is 0 Å². The van der Waals surface area contributed by atoms with Crippen molar-refractivity contribution in [1.82, 2.24) is 15.0 Å². The Morgan fingerprint density at radius 3 is 2.80 bits per heavy atom. The molecule has 5 nitrogen and oxygen atoms in total. The van der Waals surface area contributed by atoms with Gasteiger partial charge in [0.05, 0.1) is 12.8 Å². The van der Waals surface area contributed by atoms with Crippen LogP contribution in [0.2, 0.25) is 0 Å². The summed E-state index contributed by atoms with van der Waals surface area (Å²) in [6.07, 6.45) is 6.77. The highest BCUT2D eigenvalue weighted by atomic mass is 16.5. The molecular formula is C15H21N3O2. The molecule has 0 spiro atoms. The summed E-state index contributed by atoms with van der Waals surface area (Å²) in [5.74, 6) is 2.69. The smallest absolute Gasteiger partial charge is 0.241 e. The first-order valence-corrected chi connectivity index (χ1v) is 7.29. The van der Waals surface area contributed by atoms with Crippen LogP contribution in [0, 0.1) is 5.92 Å². The predicted octanol–water partition coefficient (Wildman–Crippen LogP) is 3.34. The Balaban J connectivity index is 1.60. The number of hydrogen-bond donors (Lipinski definition) is 0. The molecule has 2 heterocycles. The topological polar surface area (TPSA) is 55.3 Å². The molecule has 0 aliphatic heterocycles. The molecule has 0 aromatic carbocycles. The highest BCUT2D eigenvalue weighted by Crippen LogP contribution is 2.27. The van der Waals surface area contributed by atoms with Gasteiger partial charge in [-0.15, -0.1) is 0 Å². The van der Waals surface area contributed by atoms with Crippen LogP contribution in [0.25, 0.3) is 11.6 Å². The van der Waals surface area contributed by atoms with Gasteiger partial charge in [0.25, 0.3) is 0 Å². The molecule has 2 aromatic heterocycles. The van der Waals surface area contributed by atoms with Crippen LogP contribution in [0.1, 0.15) is 38.5 Å². The monoisotopic (exact) mass is 275 g/mol. The van der Waals surface area contributed by atoms with E-state index in [4.69, 9.17) is 8.94 Å². The second kappa shape index (κ2) is 5.79. The van der Waals surface area contributed by atoms with E-state index in [-0.39, 0.29) is 0 Å². The van der Waals surface area contributed by atoms with Gasteiger partial charge in [-0.1, -0.05) is 12.1 Å². The minimum absolute atomic E-state index is 0.524. The molecule has 5 heteroatoms. The van der Waals surface area contributed by atoms with Gasteiger partial charge >= 0.3 is 0 Å². The lowest BCUT2D eigenvalue weighted by atomic mass is 9.87. The molecule has 0 radical (unpaired) electrons.